The highest BCUT2D eigenvalue weighted by atomic mass is 16.5. The van der Waals surface area contributed by atoms with Crippen molar-refractivity contribution in [2.45, 2.75) is 31.7 Å². The SMILES string of the molecule is COc1ccc(C2C(C(=O)N3CCC(CN)CC3)CCC(=O)N2C)cc1. The highest BCUT2D eigenvalue weighted by molar-refractivity contribution is 5.85. The number of piperidine rings is 2. The third-order valence-electron chi connectivity index (χ3n) is 5.90. The average Bonchev–Trinajstić information content (AvgIpc) is 2.69. The number of ether oxygens (including phenoxy) is 1. The van der Waals surface area contributed by atoms with Crippen LogP contribution in [0.5, 0.6) is 5.75 Å². The molecule has 2 unspecified atom stereocenters. The summed E-state index contributed by atoms with van der Waals surface area (Å²) in [4.78, 5) is 29.2. The Hall–Kier alpha value is -2.08. The van der Waals surface area contributed by atoms with Gasteiger partial charge in [-0.2, -0.15) is 0 Å². The summed E-state index contributed by atoms with van der Waals surface area (Å²) < 4.78 is 5.23. The molecule has 2 aliphatic rings. The molecule has 0 aromatic heterocycles. The topological polar surface area (TPSA) is 75.9 Å². The second-order valence-electron chi connectivity index (χ2n) is 7.37. The van der Waals surface area contributed by atoms with Gasteiger partial charge in [-0.05, 0) is 49.4 Å². The molecular weight excluding hydrogens is 330 g/mol. The Kier molecular flexibility index (Phi) is 5.81. The molecule has 6 heteroatoms. The maximum Gasteiger partial charge on any atom is 0.228 e. The van der Waals surface area contributed by atoms with Crippen LogP contribution in [0.25, 0.3) is 0 Å². The Morgan fingerprint density at radius 1 is 1.19 bits per heavy atom. The van der Waals surface area contributed by atoms with Crippen molar-refractivity contribution in [3.63, 3.8) is 0 Å². The van der Waals surface area contributed by atoms with Gasteiger partial charge in [-0.15, -0.1) is 0 Å². The van der Waals surface area contributed by atoms with Gasteiger partial charge < -0.3 is 20.3 Å². The molecule has 2 amide bonds. The van der Waals surface area contributed by atoms with Crippen molar-refractivity contribution in [1.82, 2.24) is 9.80 Å². The van der Waals surface area contributed by atoms with Crippen LogP contribution in [0.3, 0.4) is 0 Å². The molecule has 0 aliphatic carbocycles. The monoisotopic (exact) mass is 359 g/mol. The Morgan fingerprint density at radius 3 is 2.42 bits per heavy atom. The summed E-state index contributed by atoms with van der Waals surface area (Å²) in [5.41, 5.74) is 6.75. The van der Waals surface area contributed by atoms with E-state index in [0.717, 1.165) is 37.2 Å². The zero-order valence-corrected chi connectivity index (χ0v) is 15.7. The molecule has 2 atom stereocenters. The van der Waals surface area contributed by atoms with E-state index in [1.54, 1.807) is 19.1 Å². The molecule has 0 bridgehead atoms. The first kappa shape index (κ1) is 18.7. The number of hydrogen-bond acceptors (Lipinski definition) is 4. The van der Waals surface area contributed by atoms with Crippen LogP contribution in [-0.4, -0.2) is 55.4 Å². The molecule has 2 N–H and O–H groups in total. The molecule has 3 rings (SSSR count). The van der Waals surface area contributed by atoms with Gasteiger partial charge in [0.05, 0.1) is 19.1 Å². The fourth-order valence-corrected chi connectivity index (χ4v) is 4.18. The van der Waals surface area contributed by atoms with Gasteiger partial charge in [0.25, 0.3) is 0 Å². The predicted molar refractivity (Wildman–Crippen MR) is 99.6 cm³/mol. The van der Waals surface area contributed by atoms with Crippen LogP contribution in [0.15, 0.2) is 24.3 Å². The van der Waals surface area contributed by atoms with Crippen molar-refractivity contribution >= 4 is 11.8 Å². The third-order valence-corrected chi connectivity index (χ3v) is 5.90. The quantitative estimate of drug-likeness (QED) is 0.889. The van der Waals surface area contributed by atoms with Crippen LogP contribution in [0.2, 0.25) is 0 Å². The highest BCUT2D eigenvalue weighted by Crippen LogP contribution is 2.38. The summed E-state index contributed by atoms with van der Waals surface area (Å²) in [5, 5.41) is 0. The largest absolute Gasteiger partial charge is 0.497 e. The van der Waals surface area contributed by atoms with Crippen LogP contribution < -0.4 is 10.5 Å². The van der Waals surface area contributed by atoms with E-state index >= 15 is 0 Å². The summed E-state index contributed by atoms with van der Waals surface area (Å²) in [6, 6.07) is 7.47. The first-order chi connectivity index (χ1) is 12.5. The van der Waals surface area contributed by atoms with Gasteiger partial charge in [0.15, 0.2) is 0 Å². The maximum absolute atomic E-state index is 13.2. The number of carbonyl (C=O) groups excluding carboxylic acids is 2. The van der Waals surface area contributed by atoms with Crippen LogP contribution in [0, 0.1) is 11.8 Å². The molecule has 2 saturated heterocycles. The lowest BCUT2D eigenvalue weighted by atomic mass is 9.83. The highest BCUT2D eigenvalue weighted by Gasteiger charge is 2.41. The predicted octanol–water partition coefficient (Wildman–Crippen LogP) is 1.80. The van der Waals surface area contributed by atoms with Gasteiger partial charge in [-0.25, -0.2) is 0 Å². The molecule has 0 spiro atoms. The Labute approximate surface area is 155 Å². The minimum atomic E-state index is -0.220. The zero-order valence-electron chi connectivity index (χ0n) is 15.7. The number of methoxy groups -OCH3 is 1. The van der Waals surface area contributed by atoms with E-state index in [1.165, 1.54) is 0 Å². The van der Waals surface area contributed by atoms with Crippen molar-refractivity contribution in [1.29, 1.82) is 0 Å². The molecule has 142 valence electrons. The lowest BCUT2D eigenvalue weighted by Gasteiger charge is -2.42. The molecular formula is C20H29N3O3. The second-order valence-corrected chi connectivity index (χ2v) is 7.37. The number of benzene rings is 1. The molecule has 2 heterocycles. The smallest absolute Gasteiger partial charge is 0.228 e. The molecule has 26 heavy (non-hydrogen) atoms. The maximum atomic E-state index is 13.2. The second kappa shape index (κ2) is 8.08. The van der Waals surface area contributed by atoms with E-state index < -0.39 is 0 Å². The van der Waals surface area contributed by atoms with E-state index in [2.05, 4.69) is 0 Å². The molecule has 6 nitrogen and oxygen atoms in total. The van der Waals surface area contributed by atoms with E-state index in [9.17, 15) is 9.59 Å². The van der Waals surface area contributed by atoms with Gasteiger partial charge in [0, 0.05) is 26.6 Å². The molecule has 0 radical (unpaired) electrons. The van der Waals surface area contributed by atoms with Gasteiger partial charge >= 0.3 is 0 Å². The van der Waals surface area contributed by atoms with Crippen molar-refractivity contribution < 1.29 is 14.3 Å². The standard InChI is InChI=1S/C20H29N3O3/c1-22-18(24)8-7-17(19(22)15-3-5-16(26-2)6-4-15)20(25)23-11-9-14(13-21)10-12-23/h3-6,14,17,19H,7-13,21H2,1-2H3. The Morgan fingerprint density at radius 2 is 1.85 bits per heavy atom. The van der Waals surface area contributed by atoms with Crippen LogP contribution in [0.1, 0.15) is 37.3 Å². The van der Waals surface area contributed by atoms with Crippen LogP contribution in [0.4, 0.5) is 0 Å². The number of nitrogens with two attached hydrogens (primary N) is 1. The van der Waals surface area contributed by atoms with Crippen LogP contribution >= 0.6 is 0 Å². The fraction of sp³-hybridized carbons (Fsp3) is 0.600. The lowest BCUT2D eigenvalue weighted by Crippen LogP contribution is -2.49. The molecule has 2 fully saturated rings. The van der Waals surface area contributed by atoms with Crippen molar-refractivity contribution in [2.75, 3.05) is 33.8 Å². The first-order valence-electron chi connectivity index (χ1n) is 9.43. The van der Waals surface area contributed by atoms with E-state index in [1.807, 2.05) is 29.2 Å². The van der Waals surface area contributed by atoms with Crippen LogP contribution in [-0.2, 0) is 9.59 Å². The molecule has 1 aromatic rings. The molecule has 0 saturated carbocycles. The summed E-state index contributed by atoms with van der Waals surface area (Å²) in [6.07, 6.45) is 2.97. The first-order valence-corrected chi connectivity index (χ1v) is 9.43. The minimum absolute atomic E-state index is 0.0942. The van der Waals surface area contributed by atoms with E-state index in [-0.39, 0.29) is 23.8 Å². The lowest BCUT2D eigenvalue weighted by molar-refractivity contribution is -0.147. The average molecular weight is 359 g/mol. The summed E-state index contributed by atoms with van der Waals surface area (Å²) in [7, 11) is 3.43. The van der Waals surface area contributed by atoms with Crippen molar-refractivity contribution in [3.05, 3.63) is 29.8 Å². The number of amides is 2. The van der Waals surface area contributed by atoms with E-state index in [0.29, 0.717) is 25.3 Å². The van der Waals surface area contributed by atoms with Gasteiger partial charge in [-0.1, -0.05) is 12.1 Å². The van der Waals surface area contributed by atoms with E-state index in [4.69, 9.17) is 10.5 Å². The summed E-state index contributed by atoms with van der Waals surface area (Å²) in [5.74, 6) is 1.36. The normalized spacial score (nSPS) is 24.7. The number of carbonyl (C=O) groups is 2. The number of rotatable bonds is 4. The zero-order chi connectivity index (χ0) is 18.7. The van der Waals surface area contributed by atoms with Crippen molar-refractivity contribution in [2.24, 2.45) is 17.6 Å². The third kappa shape index (κ3) is 3.70. The van der Waals surface area contributed by atoms with Crippen molar-refractivity contribution in [3.8, 4) is 5.75 Å². The minimum Gasteiger partial charge on any atom is -0.497 e. The van der Waals surface area contributed by atoms with Gasteiger partial charge in [0.2, 0.25) is 11.8 Å². The summed E-state index contributed by atoms with van der Waals surface area (Å²) in [6.45, 7) is 2.23. The number of nitrogens with zero attached hydrogens (tertiary/aromatic N) is 2. The van der Waals surface area contributed by atoms with Gasteiger partial charge in [-0.3, -0.25) is 9.59 Å². The fourth-order valence-electron chi connectivity index (χ4n) is 4.18. The number of hydrogen-bond donors (Lipinski definition) is 1. The molecule has 2 aliphatic heterocycles. The molecule has 1 aromatic carbocycles. The van der Waals surface area contributed by atoms with Gasteiger partial charge in [0.1, 0.15) is 5.75 Å². The Balaban J connectivity index is 1.80. The Bertz CT molecular complexity index is 638. The summed E-state index contributed by atoms with van der Waals surface area (Å²) >= 11 is 0. The number of likely N-dealkylation sites (tertiary alicyclic amines) is 2.